The molecule has 2 heterocycles. The average molecular weight is 1110 g/mol. The number of phenolic OH excluding ortho intramolecular Hbond substituents is 1. The molecule has 0 amide bonds. The van der Waals surface area contributed by atoms with Crippen molar-refractivity contribution >= 4 is 11.0 Å². The number of rotatable bonds is 8. The Hall–Kier alpha value is -5.57. The van der Waals surface area contributed by atoms with Crippen LogP contribution in [0, 0.1) is 6.07 Å². The van der Waals surface area contributed by atoms with Crippen LogP contribution in [-0.2, 0) is 42.7 Å². The second-order valence-electron chi connectivity index (χ2n) is 21.5. The number of aromatic hydroxyl groups is 1. The molecule has 0 saturated carbocycles. The number of nitrogens with zero attached hydrogens (tertiary/aromatic N) is 3. The fourth-order valence-corrected chi connectivity index (χ4v) is 8.46. The number of aromatic nitrogens is 3. The zero-order valence-corrected chi connectivity index (χ0v) is 44.2. The minimum absolute atomic E-state index is 0. The molecule has 2 aromatic heterocycles. The van der Waals surface area contributed by atoms with Crippen molar-refractivity contribution in [2.24, 2.45) is 0 Å². The fourth-order valence-electron chi connectivity index (χ4n) is 8.46. The van der Waals surface area contributed by atoms with Crippen LogP contribution in [-0.4, -0.2) is 19.6 Å². The first-order chi connectivity index (χ1) is 37.8. The largest absolute Gasteiger partial charge is 0.507 e. The van der Waals surface area contributed by atoms with Crippen LogP contribution in [0.3, 0.4) is 0 Å². The van der Waals surface area contributed by atoms with Crippen molar-refractivity contribution in [2.75, 3.05) is 0 Å². The quantitative estimate of drug-likeness (QED) is 0.154. The summed E-state index contributed by atoms with van der Waals surface area (Å²) in [5.74, 6) is -2.21. The van der Waals surface area contributed by atoms with Crippen LogP contribution in [0.15, 0.2) is 127 Å². The van der Waals surface area contributed by atoms with Gasteiger partial charge in [0.25, 0.3) is 0 Å². The first-order valence-electron chi connectivity index (χ1n) is 30.6. The Morgan fingerprint density at radius 3 is 1.84 bits per heavy atom. The van der Waals surface area contributed by atoms with Gasteiger partial charge >= 0.3 is 0 Å². The van der Waals surface area contributed by atoms with Gasteiger partial charge in [-0.1, -0.05) is 200 Å². The van der Waals surface area contributed by atoms with Crippen molar-refractivity contribution in [2.45, 2.75) is 144 Å². The second kappa shape index (κ2) is 19.0. The zero-order chi connectivity index (χ0) is 62.1. The van der Waals surface area contributed by atoms with Gasteiger partial charge in [0.05, 0.1) is 27.8 Å². The van der Waals surface area contributed by atoms with E-state index in [2.05, 4.69) is 90.1 Å². The van der Waals surface area contributed by atoms with Crippen molar-refractivity contribution in [3.05, 3.63) is 167 Å². The van der Waals surface area contributed by atoms with Gasteiger partial charge in [0.2, 0.25) is 0 Å². The summed E-state index contributed by atoms with van der Waals surface area (Å²) < 4.78 is 131. The summed E-state index contributed by atoms with van der Waals surface area (Å²) in [4.78, 5) is 10.2. The van der Waals surface area contributed by atoms with E-state index < -0.39 is 72.9 Å². The minimum atomic E-state index is -3.83. The Labute approximate surface area is 449 Å². The SMILES string of the molecule is [2H]c1c([2H])c(C(C([2H])([2H])[2H])(C([2H])([2H])[2H])C([2H])([2H])[2H])c([2H])c([2H])c1-c1ccnc(-c2[c-]c(-c3cccc4c3nc(-c3cc(C([2H])(C)C)cc(C([2H])(C)C)c3O)n4-c3ccc(C(C)(C)C)cc3-c3ccc(C(C)(C)C)cc3)cc(C(C)(C)C)c2)c1.[Pt]. The smallest absolute Gasteiger partial charge is 0.148 e. The number of hydrogen-bond donors (Lipinski definition) is 1. The first-order valence-corrected chi connectivity index (χ1v) is 23.1. The molecule has 69 heavy (non-hydrogen) atoms. The third-order valence-electron chi connectivity index (χ3n) is 12.7. The molecule has 4 nitrogen and oxygen atoms in total. The van der Waals surface area contributed by atoms with Gasteiger partial charge in [-0.15, -0.1) is 29.3 Å². The van der Waals surface area contributed by atoms with E-state index in [-0.39, 0.29) is 54.5 Å². The van der Waals surface area contributed by atoms with Gasteiger partial charge in [0, 0.05) is 53.6 Å². The molecule has 8 aromatic rings. The van der Waals surface area contributed by atoms with Crippen LogP contribution in [0.4, 0.5) is 0 Å². The van der Waals surface area contributed by atoms with E-state index in [9.17, 15) is 10.6 Å². The van der Waals surface area contributed by atoms with Gasteiger partial charge < -0.3 is 5.11 Å². The predicted molar refractivity (Wildman–Crippen MR) is 290 cm³/mol. The Bertz CT molecular complexity index is 3780. The topological polar surface area (TPSA) is 50.9 Å². The van der Waals surface area contributed by atoms with E-state index in [0.29, 0.717) is 50.2 Å². The number of imidazole rings is 1. The summed E-state index contributed by atoms with van der Waals surface area (Å²) in [7, 11) is 0. The summed E-state index contributed by atoms with van der Waals surface area (Å²) in [6, 6.07) is 30.8. The van der Waals surface area contributed by atoms with E-state index in [4.69, 9.17) is 25.0 Å². The number of para-hydroxylation sites is 1. The Balaban J connectivity index is 0.0000101. The van der Waals surface area contributed by atoms with Crippen molar-refractivity contribution in [3.63, 3.8) is 0 Å². The van der Waals surface area contributed by atoms with Crippen molar-refractivity contribution in [1.29, 1.82) is 0 Å². The van der Waals surface area contributed by atoms with Crippen molar-refractivity contribution in [1.82, 2.24) is 14.5 Å². The van der Waals surface area contributed by atoms with Crippen LogP contribution < -0.4 is 0 Å². The normalized spacial score (nSPS) is 16.6. The molecule has 0 fully saturated rings. The minimum Gasteiger partial charge on any atom is -0.507 e. The molecule has 0 aliphatic rings. The maximum atomic E-state index is 12.5. The maximum Gasteiger partial charge on any atom is 0.148 e. The third kappa shape index (κ3) is 10.5. The summed E-state index contributed by atoms with van der Waals surface area (Å²) in [6.45, 7) is 14.6. The summed E-state index contributed by atoms with van der Waals surface area (Å²) in [5, 5.41) is 12.5. The molecule has 0 aliphatic heterocycles. The fraction of sp³-hybridized carbons (Fsp3) is 0.344. The van der Waals surface area contributed by atoms with Gasteiger partial charge in [0.15, 0.2) is 0 Å². The molecule has 0 bridgehead atoms. The number of fused-ring (bicyclic) bond motifs is 1. The molecule has 8 rings (SSSR count). The standard InChI is InChI=1S/C64H72N3O.Pt/c1-39(2)44-35-52(40(3)4)59(68)54(36-44)60-66-58-51(18-17-19-57(58)67(60)56-29-28-49(63(11,12)13)38-53(56)42-22-26-48(27-23-42)62(8,9)10)45-32-46(34-50(33-45)64(14,15)16)55-37-43(30-31-65-55)41-20-24-47(25-21-41)61(5,6)7;/h17-31,33-40,68H,1-16H3;/q-1;/i5D3,6D3,7D3,20D,21D,24D,25D,39D,40D;. The maximum absolute atomic E-state index is 12.5. The Kier molecular flexibility index (Phi) is 9.54. The molecule has 0 aliphatic carbocycles. The summed E-state index contributed by atoms with van der Waals surface area (Å²) in [5.41, 5.74) is 3.98. The van der Waals surface area contributed by atoms with Gasteiger partial charge in [-0.3, -0.25) is 9.55 Å². The monoisotopic (exact) mass is 1110 g/mol. The van der Waals surface area contributed by atoms with Crippen molar-refractivity contribution < 1.29 is 46.7 Å². The molecule has 0 saturated heterocycles. The predicted octanol–water partition coefficient (Wildman–Crippen LogP) is 17.7. The van der Waals surface area contributed by atoms with Crippen LogP contribution >= 0.6 is 0 Å². The molecular formula is C64H72N3OPt-. The van der Waals surface area contributed by atoms with E-state index in [1.54, 1.807) is 39.8 Å². The molecule has 6 aromatic carbocycles. The van der Waals surface area contributed by atoms with E-state index in [0.717, 1.165) is 27.9 Å². The van der Waals surface area contributed by atoms with E-state index >= 15 is 0 Å². The van der Waals surface area contributed by atoms with Gasteiger partial charge in [-0.2, -0.15) is 0 Å². The third-order valence-corrected chi connectivity index (χ3v) is 12.7. The number of benzene rings is 6. The Morgan fingerprint density at radius 1 is 0.594 bits per heavy atom. The molecule has 1 N–H and O–H groups in total. The van der Waals surface area contributed by atoms with Crippen molar-refractivity contribution in [3.8, 4) is 67.5 Å². The molecule has 0 radical (unpaired) electrons. The van der Waals surface area contributed by atoms with Gasteiger partial charge in [-0.25, -0.2) is 4.98 Å². The van der Waals surface area contributed by atoms with E-state index in [1.807, 2.05) is 55.7 Å². The van der Waals surface area contributed by atoms with Gasteiger partial charge in [-0.05, 0) is 108 Å². The van der Waals surface area contributed by atoms with Crippen LogP contribution in [0.1, 0.15) is 176 Å². The summed E-state index contributed by atoms with van der Waals surface area (Å²) >= 11 is 0. The van der Waals surface area contributed by atoms with Crippen LogP contribution in [0.5, 0.6) is 5.75 Å². The van der Waals surface area contributed by atoms with Crippen LogP contribution in [0.25, 0.3) is 72.7 Å². The number of pyridine rings is 1. The molecule has 0 atom stereocenters. The average Bonchev–Trinajstić information content (AvgIpc) is 0.774. The second-order valence-corrected chi connectivity index (χ2v) is 21.5. The molecular weight excluding hydrogens is 1020 g/mol. The van der Waals surface area contributed by atoms with E-state index in [1.165, 1.54) is 23.9 Å². The number of hydrogen-bond acceptors (Lipinski definition) is 3. The molecule has 360 valence electrons. The number of phenols is 1. The molecule has 5 heteroatoms. The molecule has 0 unspecified atom stereocenters. The summed E-state index contributed by atoms with van der Waals surface area (Å²) in [6.07, 6.45) is 1.40. The Morgan fingerprint density at radius 2 is 1.23 bits per heavy atom. The molecule has 0 spiro atoms. The van der Waals surface area contributed by atoms with Gasteiger partial charge in [0.1, 0.15) is 11.6 Å². The van der Waals surface area contributed by atoms with Crippen LogP contribution in [0.2, 0.25) is 0 Å². The zero-order valence-electron chi connectivity index (χ0n) is 56.9. The first kappa shape index (κ1) is 34.7.